The molecular formula is C37H31F2N9O4. The predicted octanol–water partition coefficient (Wildman–Crippen LogP) is 4.54. The Hall–Kier alpha value is -6.27. The van der Waals surface area contributed by atoms with Crippen molar-refractivity contribution >= 4 is 33.7 Å². The molecule has 1 spiro atoms. The van der Waals surface area contributed by atoms with Crippen LogP contribution in [0.5, 0.6) is 5.75 Å². The van der Waals surface area contributed by atoms with Crippen LogP contribution >= 0.6 is 0 Å². The molecule has 0 saturated carbocycles. The lowest BCUT2D eigenvalue weighted by atomic mass is 9.92. The summed E-state index contributed by atoms with van der Waals surface area (Å²) in [4.78, 5) is 48.4. The Morgan fingerprint density at radius 2 is 1.90 bits per heavy atom. The summed E-state index contributed by atoms with van der Waals surface area (Å²) in [6.07, 6.45) is 9.98. The molecule has 262 valence electrons. The largest absolute Gasteiger partial charge is 0.508 e. The number of hydrogen-bond donors (Lipinski definition) is 1. The van der Waals surface area contributed by atoms with Gasteiger partial charge in [0.2, 0.25) is 0 Å². The fraction of sp³-hybridized carbons (Fsp3) is 0.270. The van der Waals surface area contributed by atoms with E-state index < -0.39 is 22.9 Å². The van der Waals surface area contributed by atoms with Crippen LogP contribution < -0.4 is 10.6 Å². The summed E-state index contributed by atoms with van der Waals surface area (Å²) in [5.41, 5.74) is 0.0359. The average molecular weight is 704 g/mol. The second-order valence-electron chi connectivity index (χ2n) is 13.3. The molecule has 52 heavy (non-hydrogen) atoms. The Kier molecular flexibility index (Phi) is 7.72. The predicted molar refractivity (Wildman–Crippen MR) is 187 cm³/mol. The van der Waals surface area contributed by atoms with E-state index in [1.165, 1.54) is 47.6 Å². The number of aryl methyl sites for hydroxylation is 1. The summed E-state index contributed by atoms with van der Waals surface area (Å²) in [6.45, 7) is 7.03. The maximum Gasteiger partial charge on any atom is 0.355 e. The van der Waals surface area contributed by atoms with Gasteiger partial charge >= 0.3 is 11.7 Å². The third kappa shape index (κ3) is 5.22. The van der Waals surface area contributed by atoms with Crippen LogP contribution in [0.1, 0.15) is 36.6 Å². The summed E-state index contributed by atoms with van der Waals surface area (Å²) >= 11 is 0. The van der Waals surface area contributed by atoms with Gasteiger partial charge in [0.15, 0.2) is 5.65 Å². The molecule has 0 atom stereocenters. The van der Waals surface area contributed by atoms with Gasteiger partial charge in [-0.05, 0) is 54.1 Å². The number of halogens is 2. The van der Waals surface area contributed by atoms with Gasteiger partial charge in [0.1, 0.15) is 47.2 Å². The maximum absolute atomic E-state index is 16.7. The van der Waals surface area contributed by atoms with Crippen molar-refractivity contribution in [2.45, 2.75) is 32.3 Å². The zero-order chi connectivity index (χ0) is 36.5. The molecule has 2 aromatic carbocycles. The first kappa shape index (κ1) is 32.9. The minimum atomic E-state index is -0.817. The van der Waals surface area contributed by atoms with Crippen molar-refractivity contribution in [1.29, 1.82) is 0 Å². The molecule has 0 unspecified atom stereocenters. The fourth-order valence-corrected chi connectivity index (χ4v) is 7.23. The molecule has 0 radical (unpaired) electrons. The molecule has 2 aliphatic heterocycles. The lowest BCUT2D eigenvalue weighted by Gasteiger charge is -2.53. The molecule has 0 aliphatic carbocycles. The third-order valence-corrected chi connectivity index (χ3v) is 9.57. The molecule has 1 N–H and O–H groups in total. The Morgan fingerprint density at radius 3 is 2.63 bits per heavy atom. The lowest BCUT2D eigenvalue weighted by Crippen LogP contribution is -2.71. The van der Waals surface area contributed by atoms with Gasteiger partial charge in [-0.1, -0.05) is 25.8 Å². The number of phenols is 1. The summed E-state index contributed by atoms with van der Waals surface area (Å²) in [5, 5.41) is 15.4. The van der Waals surface area contributed by atoms with Crippen molar-refractivity contribution in [1.82, 2.24) is 39.2 Å². The van der Waals surface area contributed by atoms with Crippen LogP contribution in [-0.4, -0.2) is 88.7 Å². The Morgan fingerprint density at radius 1 is 1.10 bits per heavy atom. The molecule has 6 heterocycles. The number of rotatable bonds is 4. The van der Waals surface area contributed by atoms with Gasteiger partial charge < -0.3 is 19.6 Å². The SMILES string of the molecule is C#Cc1c(F)ccc2cc(O)cc(-c3nc4c(cc3F)c(N3CCOC5(CN(C(=O)n6cncn6)C5)C3)nc(=O)n4-c3c(C)ccnc3C(C)C)c12. The Labute approximate surface area is 295 Å². The van der Waals surface area contributed by atoms with E-state index in [4.69, 9.17) is 16.1 Å². The zero-order valence-corrected chi connectivity index (χ0v) is 28.3. The van der Waals surface area contributed by atoms with E-state index in [1.807, 2.05) is 25.7 Å². The molecule has 0 bridgehead atoms. The topological polar surface area (TPSA) is 144 Å². The minimum Gasteiger partial charge on any atom is -0.508 e. The van der Waals surface area contributed by atoms with Gasteiger partial charge in [0, 0.05) is 23.7 Å². The van der Waals surface area contributed by atoms with Crippen LogP contribution in [0, 0.1) is 30.9 Å². The number of anilines is 1. The number of aromatic nitrogens is 7. The van der Waals surface area contributed by atoms with Crippen LogP contribution in [0.4, 0.5) is 19.4 Å². The van der Waals surface area contributed by atoms with Crippen molar-refractivity contribution < 1.29 is 23.4 Å². The number of carbonyl (C=O) groups excluding carboxylic acids is 1. The molecule has 1 amide bonds. The number of likely N-dealkylation sites (tertiary alicyclic amines) is 1. The Balaban J connectivity index is 1.33. The molecule has 6 aromatic rings. The number of ether oxygens (including phenoxy) is 1. The fourth-order valence-electron chi connectivity index (χ4n) is 7.23. The van der Waals surface area contributed by atoms with Crippen molar-refractivity contribution in [3.05, 3.63) is 94.2 Å². The molecule has 2 aliphatic rings. The number of benzene rings is 2. The quantitative estimate of drug-likeness (QED) is 0.260. The van der Waals surface area contributed by atoms with Gasteiger partial charge in [0.25, 0.3) is 0 Å². The van der Waals surface area contributed by atoms with Gasteiger partial charge in [0.05, 0.1) is 48.6 Å². The molecular weight excluding hydrogens is 672 g/mol. The van der Waals surface area contributed by atoms with Crippen molar-refractivity contribution in [2.75, 3.05) is 37.7 Å². The van der Waals surface area contributed by atoms with E-state index in [2.05, 4.69) is 26.0 Å². The highest BCUT2D eigenvalue weighted by atomic mass is 19.1. The number of morpholine rings is 1. The highest BCUT2D eigenvalue weighted by Gasteiger charge is 2.50. The number of aromatic hydroxyl groups is 1. The first-order valence-corrected chi connectivity index (χ1v) is 16.5. The summed E-state index contributed by atoms with van der Waals surface area (Å²) < 4.78 is 40.3. The van der Waals surface area contributed by atoms with Gasteiger partial charge in [-0.15, -0.1) is 6.42 Å². The van der Waals surface area contributed by atoms with Crippen LogP contribution in [0.2, 0.25) is 0 Å². The van der Waals surface area contributed by atoms with E-state index in [9.17, 15) is 14.7 Å². The lowest BCUT2D eigenvalue weighted by molar-refractivity contribution is -0.133. The smallest absolute Gasteiger partial charge is 0.355 e. The average Bonchev–Trinajstić information content (AvgIpc) is 3.65. The van der Waals surface area contributed by atoms with Crippen molar-refractivity contribution in [2.24, 2.45) is 0 Å². The van der Waals surface area contributed by atoms with Crippen molar-refractivity contribution in [3.8, 4) is 35.0 Å². The molecule has 13 nitrogen and oxygen atoms in total. The summed E-state index contributed by atoms with van der Waals surface area (Å²) in [5.74, 6) is 0.692. The summed E-state index contributed by atoms with van der Waals surface area (Å²) in [7, 11) is 0. The first-order valence-electron chi connectivity index (χ1n) is 16.5. The van der Waals surface area contributed by atoms with Crippen LogP contribution in [0.25, 0.3) is 38.8 Å². The van der Waals surface area contributed by atoms with E-state index in [0.717, 1.165) is 4.68 Å². The summed E-state index contributed by atoms with van der Waals surface area (Å²) in [6, 6.07) is 7.94. The van der Waals surface area contributed by atoms with Crippen LogP contribution in [0.3, 0.4) is 0 Å². The monoisotopic (exact) mass is 703 g/mol. The van der Waals surface area contributed by atoms with Crippen LogP contribution in [0.15, 0.2) is 60.0 Å². The number of fused-ring (bicyclic) bond motifs is 2. The van der Waals surface area contributed by atoms with E-state index >= 15 is 8.78 Å². The minimum absolute atomic E-state index is 0.0446. The zero-order valence-electron chi connectivity index (χ0n) is 28.3. The highest BCUT2D eigenvalue weighted by Crippen LogP contribution is 2.39. The van der Waals surface area contributed by atoms with E-state index in [0.29, 0.717) is 28.9 Å². The molecule has 2 fully saturated rings. The number of nitrogens with zero attached hydrogens (tertiary/aromatic N) is 9. The maximum atomic E-state index is 16.7. The normalized spacial score (nSPS) is 15.4. The van der Waals surface area contributed by atoms with Gasteiger partial charge in [-0.25, -0.2) is 32.9 Å². The number of amides is 1. The van der Waals surface area contributed by atoms with Crippen molar-refractivity contribution in [3.63, 3.8) is 0 Å². The standard InChI is InChI=1S/C37H31F2N9O4/c1-5-24-27(38)7-6-22-12-23(49)13-25(29(22)24)31-28(39)14-26-33(44-35(50)48(34(26)43-31)32-21(4)8-9-41-30(32)20(2)3)45-10-11-52-37(15-45)16-46(17-37)36(51)47-19-40-18-42-47/h1,6-9,12-14,18-20,49H,10-11,15-17H2,2-4H3. The second-order valence-corrected chi connectivity index (χ2v) is 13.3. The van der Waals surface area contributed by atoms with E-state index in [-0.39, 0.29) is 83.0 Å². The number of pyridine rings is 2. The number of terminal acetylenes is 1. The van der Waals surface area contributed by atoms with Gasteiger partial charge in [-0.2, -0.15) is 14.8 Å². The first-order chi connectivity index (χ1) is 25.0. The van der Waals surface area contributed by atoms with E-state index in [1.54, 1.807) is 17.2 Å². The number of carbonyl (C=O) groups is 1. The third-order valence-electron chi connectivity index (χ3n) is 9.57. The molecule has 4 aromatic heterocycles. The molecule has 8 rings (SSSR count). The van der Waals surface area contributed by atoms with Gasteiger partial charge in [-0.3, -0.25) is 4.98 Å². The van der Waals surface area contributed by atoms with Crippen LogP contribution in [-0.2, 0) is 4.74 Å². The number of phenolic OH excluding ortho intramolecular Hbond substituents is 1. The number of hydrogen-bond acceptors (Lipinski definition) is 10. The second kappa shape index (κ2) is 12.2. The highest BCUT2D eigenvalue weighted by molar-refractivity contribution is 6.02. The Bertz CT molecular complexity index is 2540. The molecule has 2 saturated heterocycles. The molecule has 15 heteroatoms.